The zero-order chi connectivity index (χ0) is 41.8. The second-order valence-corrected chi connectivity index (χ2v) is 22.3. The van der Waals surface area contributed by atoms with Crippen molar-refractivity contribution in [2.24, 2.45) is 0 Å². The van der Waals surface area contributed by atoms with Crippen molar-refractivity contribution in [2.45, 2.75) is 128 Å². The second-order valence-electron chi connectivity index (χ2n) is 16.8. The minimum atomic E-state index is -2.20. The Kier molecular flexibility index (Phi) is 15.9. The normalized spacial score (nSPS) is 21.1. The highest BCUT2D eigenvalue weighted by atomic mass is 28.4. The molecule has 1 aliphatic rings. The fraction of sp³-hybridized carbons (Fsp3) is 0.412. The van der Waals surface area contributed by atoms with Gasteiger partial charge in [-0.2, -0.15) is 0 Å². The van der Waals surface area contributed by atoms with Crippen molar-refractivity contribution in [3.8, 4) is 0 Å². The van der Waals surface area contributed by atoms with Crippen molar-refractivity contribution >= 4 is 8.32 Å². The van der Waals surface area contributed by atoms with Crippen LogP contribution in [-0.2, 0) is 66.9 Å². The van der Waals surface area contributed by atoms with Crippen LogP contribution in [0.5, 0.6) is 0 Å². The van der Waals surface area contributed by atoms with E-state index in [1.807, 2.05) is 140 Å². The molecule has 0 aromatic heterocycles. The predicted octanol–water partition coefficient (Wildman–Crippen LogP) is 11.2. The molecule has 0 radical (unpaired) electrons. The quantitative estimate of drug-likeness (QED) is 0.0784. The number of aryl methyl sites for hydroxylation is 1. The number of ether oxygens (including phenoxy) is 5. The summed E-state index contributed by atoms with van der Waals surface area (Å²) in [6.07, 6.45) is -3.22. The van der Waals surface area contributed by atoms with Gasteiger partial charge in [0.2, 0.25) is 14.1 Å². The Morgan fingerprint density at radius 1 is 0.559 bits per heavy atom. The Balaban J connectivity index is 1.42. The van der Waals surface area contributed by atoms with Gasteiger partial charge in [0.1, 0.15) is 24.4 Å². The lowest BCUT2D eigenvalue weighted by Crippen LogP contribution is -2.65. The minimum Gasteiger partial charge on any atom is -0.412 e. The van der Waals surface area contributed by atoms with Crippen molar-refractivity contribution in [3.05, 3.63) is 178 Å². The van der Waals surface area contributed by atoms with E-state index in [1.54, 1.807) is 0 Å². The first-order valence-corrected chi connectivity index (χ1v) is 23.4. The summed E-state index contributed by atoms with van der Waals surface area (Å²) in [5.74, 6) is -1.96. The van der Waals surface area contributed by atoms with Gasteiger partial charge < -0.3 is 33.2 Å². The third-order valence-electron chi connectivity index (χ3n) is 11.9. The zero-order valence-corrected chi connectivity index (χ0v) is 37.0. The van der Waals surface area contributed by atoms with Crippen LogP contribution in [-0.4, -0.2) is 44.4 Å². The number of hydrogen-bond donors (Lipinski definition) is 1. The minimum absolute atomic E-state index is 0.139. The fourth-order valence-corrected chi connectivity index (χ4v) is 14.2. The Morgan fingerprint density at radius 2 is 1.00 bits per heavy atom. The molecule has 0 aliphatic carbocycles. The third-order valence-corrected chi connectivity index (χ3v) is 17.9. The van der Waals surface area contributed by atoms with Crippen LogP contribution in [0.1, 0.15) is 80.5 Å². The first kappa shape index (κ1) is 44.6. The first-order valence-electron chi connectivity index (χ1n) is 21.2. The SMILES string of the molecule is Cc1ccc(C2(O)O[C@H](COCc3ccccc3)[C@@H](OCc3ccccc3)[C@H](OCc3ccccc3)[C@H]2OCc2ccccc2)cc1CO[Si](C(C)C)(C(C)C)C(C)C. The highest BCUT2D eigenvalue weighted by Crippen LogP contribution is 2.45. The topological polar surface area (TPSA) is 75.6 Å². The van der Waals surface area contributed by atoms with Crippen molar-refractivity contribution < 1.29 is 33.2 Å². The lowest BCUT2D eigenvalue weighted by molar-refractivity contribution is -0.378. The summed E-state index contributed by atoms with van der Waals surface area (Å²) in [7, 11) is -2.20. The van der Waals surface area contributed by atoms with Crippen LogP contribution in [0.15, 0.2) is 140 Å². The summed E-state index contributed by atoms with van der Waals surface area (Å²) >= 11 is 0. The maximum absolute atomic E-state index is 13.4. The molecule has 314 valence electrons. The molecule has 1 N–H and O–H groups in total. The monoisotopic (exact) mass is 816 g/mol. The van der Waals surface area contributed by atoms with Crippen LogP contribution < -0.4 is 0 Å². The maximum Gasteiger partial charge on any atom is 0.222 e. The summed E-state index contributed by atoms with van der Waals surface area (Å²) in [6.45, 7) is 17.6. The average molecular weight is 817 g/mol. The smallest absolute Gasteiger partial charge is 0.222 e. The molecule has 1 unspecified atom stereocenters. The molecule has 8 heteroatoms. The Labute approximate surface area is 353 Å². The van der Waals surface area contributed by atoms with Crippen LogP contribution in [0.3, 0.4) is 0 Å². The van der Waals surface area contributed by atoms with Crippen LogP contribution >= 0.6 is 0 Å². The maximum atomic E-state index is 13.4. The molecule has 5 aromatic carbocycles. The third kappa shape index (κ3) is 11.1. The van der Waals surface area contributed by atoms with Gasteiger partial charge in [0.15, 0.2) is 0 Å². The van der Waals surface area contributed by atoms with Crippen molar-refractivity contribution in [3.63, 3.8) is 0 Å². The van der Waals surface area contributed by atoms with Crippen LogP contribution in [0.4, 0.5) is 0 Å². The Bertz CT molecular complexity index is 1950. The molecule has 1 heterocycles. The van der Waals surface area contributed by atoms with Gasteiger partial charge in [-0.25, -0.2) is 0 Å². The van der Waals surface area contributed by atoms with Crippen LogP contribution in [0, 0.1) is 6.92 Å². The van der Waals surface area contributed by atoms with Crippen LogP contribution in [0.25, 0.3) is 0 Å². The summed E-state index contributed by atoms with van der Waals surface area (Å²) in [5.41, 5.74) is 7.93. The molecular formula is C51H64O7Si. The van der Waals surface area contributed by atoms with Crippen LogP contribution in [0.2, 0.25) is 16.6 Å². The van der Waals surface area contributed by atoms with Crippen molar-refractivity contribution in [2.75, 3.05) is 6.61 Å². The first-order chi connectivity index (χ1) is 28.5. The Hall–Kier alpha value is -3.96. The van der Waals surface area contributed by atoms with Crippen molar-refractivity contribution in [1.82, 2.24) is 0 Å². The summed E-state index contributed by atoms with van der Waals surface area (Å²) in [6, 6.07) is 46.2. The second kappa shape index (κ2) is 21.0. The van der Waals surface area contributed by atoms with Crippen molar-refractivity contribution in [1.29, 1.82) is 0 Å². The molecule has 0 saturated carbocycles. The molecule has 5 aromatic rings. The molecule has 0 spiro atoms. The van der Waals surface area contributed by atoms with Gasteiger partial charge in [0.25, 0.3) is 0 Å². The lowest BCUT2D eigenvalue weighted by Gasteiger charge is -2.50. The number of aliphatic hydroxyl groups is 1. The number of benzene rings is 5. The summed E-state index contributed by atoms with van der Waals surface area (Å²) < 4.78 is 41.2. The van der Waals surface area contributed by atoms with E-state index >= 15 is 0 Å². The largest absolute Gasteiger partial charge is 0.412 e. The fourth-order valence-electron chi connectivity index (χ4n) is 8.84. The van der Waals surface area contributed by atoms with E-state index in [1.165, 1.54) is 0 Å². The molecular weight excluding hydrogens is 753 g/mol. The Morgan fingerprint density at radius 3 is 1.47 bits per heavy atom. The van der Waals surface area contributed by atoms with Gasteiger partial charge in [0, 0.05) is 5.56 Å². The molecule has 6 rings (SSSR count). The van der Waals surface area contributed by atoms with E-state index < -0.39 is 38.5 Å². The molecule has 59 heavy (non-hydrogen) atoms. The van der Waals surface area contributed by atoms with Gasteiger partial charge in [-0.15, -0.1) is 0 Å². The summed E-state index contributed by atoms with van der Waals surface area (Å²) in [4.78, 5) is 0. The van der Waals surface area contributed by atoms with Gasteiger partial charge in [-0.3, -0.25) is 0 Å². The molecule has 1 fully saturated rings. The molecule has 7 nitrogen and oxygen atoms in total. The van der Waals surface area contributed by atoms with Gasteiger partial charge in [-0.05, 0) is 63.0 Å². The predicted molar refractivity (Wildman–Crippen MR) is 237 cm³/mol. The highest BCUT2D eigenvalue weighted by molar-refractivity contribution is 6.77. The number of hydrogen-bond acceptors (Lipinski definition) is 7. The van der Waals surface area contributed by atoms with E-state index in [0.29, 0.717) is 42.0 Å². The molecule has 1 saturated heterocycles. The van der Waals surface area contributed by atoms with E-state index in [2.05, 4.69) is 48.5 Å². The van der Waals surface area contributed by atoms with E-state index in [9.17, 15) is 5.11 Å². The van der Waals surface area contributed by atoms with Gasteiger partial charge in [0.05, 0.1) is 39.6 Å². The zero-order valence-electron chi connectivity index (χ0n) is 36.0. The van der Waals surface area contributed by atoms with E-state index in [-0.39, 0.29) is 19.8 Å². The molecule has 0 bridgehead atoms. The van der Waals surface area contributed by atoms with E-state index in [4.69, 9.17) is 28.1 Å². The van der Waals surface area contributed by atoms with Gasteiger partial charge in [-0.1, -0.05) is 175 Å². The molecule has 0 amide bonds. The number of rotatable bonds is 20. The van der Waals surface area contributed by atoms with E-state index in [0.717, 1.165) is 33.4 Å². The molecule has 5 atom stereocenters. The lowest BCUT2D eigenvalue weighted by atomic mass is 9.86. The highest BCUT2D eigenvalue weighted by Gasteiger charge is 2.57. The standard InChI is InChI=1S/C51H64O7Si/c1-37(2)59(38(3)4,39(5)6)57-35-45-30-46(29-28-40(45)7)51(52)50(56-34-44-26-18-11-19-27-44)49(55-33-43-24-16-10-17-25-43)48(54-32-42-22-14-9-15-23-42)47(58-51)36-53-31-41-20-12-8-13-21-41/h8-30,37-39,47-50,52H,31-36H2,1-7H3/t47-,48-,49+,50-,51?/m1/s1. The summed E-state index contributed by atoms with van der Waals surface area (Å²) in [5, 5.41) is 13.4. The molecule has 1 aliphatic heterocycles. The average Bonchev–Trinajstić information content (AvgIpc) is 3.24. The van der Waals surface area contributed by atoms with Gasteiger partial charge >= 0.3 is 0 Å².